The largest absolute Gasteiger partial charge is 0.411 e. The van der Waals surface area contributed by atoms with Gasteiger partial charge in [-0.05, 0) is 25.2 Å². The second-order valence-electron chi connectivity index (χ2n) is 3.74. The summed E-state index contributed by atoms with van der Waals surface area (Å²) >= 11 is 0. The second-order valence-corrected chi connectivity index (χ2v) is 3.74. The molecule has 11 heavy (non-hydrogen) atoms. The molecule has 0 amide bonds. The van der Waals surface area contributed by atoms with E-state index in [9.17, 15) is 0 Å². The first-order valence-electron chi connectivity index (χ1n) is 4.15. The standard InChI is InChI=1S/C9H13NO/c1-9-5-3-2-4-7(9)6-8(9)10-11/h2,4,7,11H,3,5-6H2,1H3. The van der Waals surface area contributed by atoms with Crippen LogP contribution in [0.15, 0.2) is 17.3 Å². The van der Waals surface area contributed by atoms with Gasteiger partial charge in [0.05, 0.1) is 5.71 Å². The number of oxime groups is 1. The number of hydrogen-bond acceptors (Lipinski definition) is 2. The third-order valence-electron chi connectivity index (χ3n) is 3.21. The highest BCUT2D eigenvalue weighted by molar-refractivity contribution is 5.96. The molecule has 0 spiro atoms. The molecular formula is C9H13NO. The van der Waals surface area contributed by atoms with Gasteiger partial charge in [-0.15, -0.1) is 0 Å². The van der Waals surface area contributed by atoms with Crippen molar-refractivity contribution in [2.75, 3.05) is 0 Å². The Hall–Kier alpha value is -0.790. The number of fused-ring (bicyclic) bond motifs is 1. The Kier molecular flexibility index (Phi) is 1.31. The number of allylic oxidation sites excluding steroid dienone is 2. The molecule has 60 valence electrons. The van der Waals surface area contributed by atoms with Gasteiger partial charge in [0.2, 0.25) is 0 Å². The third kappa shape index (κ3) is 0.753. The molecule has 0 aliphatic heterocycles. The van der Waals surface area contributed by atoms with Crippen molar-refractivity contribution < 1.29 is 5.21 Å². The summed E-state index contributed by atoms with van der Waals surface area (Å²) in [6.07, 6.45) is 7.74. The molecular weight excluding hydrogens is 138 g/mol. The maximum Gasteiger partial charge on any atom is 0.0641 e. The van der Waals surface area contributed by atoms with E-state index in [0.29, 0.717) is 5.92 Å². The van der Waals surface area contributed by atoms with Gasteiger partial charge in [0.1, 0.15) is 0 Å². The summed E-state index contributed by atoms with van der Waals surface area (Å²) in [6.45, 7) is 2.19. The van der Waals surface area contributed by atoms with Gasteiger partial charge in [0, 0.05) is 5.41 Å². The van der Waals surface area contributed by atoms with Crippen LogP contribution in [-0.4, -0.2) is 10.9 Å². The molecule has 2 aliphatic rings. The minimum atomic E-state index is 0.198. The Morgan fingerprint density at radius 3 is 3.18 bits per heavy atom. The number of hydrogen-bond donors (Lipinski definition) is 1. The predicted molar refractivity (Wildman–Crippen MR) is 43.8 cm³/mol. The van der Waals surface area contributed by atoms with E-state index in [0.717, 1.165) is 25.0 Å². The molecule has 0 aromatic carbocycles. The average Bonchev–Trinajstić information content (AvgIpc) is 1.99. The molecule has 1 N–H and O–H groups in total. The van der Waals surface area contributed by atoms with Crippen LogP contribution in [0.3, 0.4) is 0 Å². The highest BCUT2D eigenvalue weighted by Gasteiger charge is 2.48. The topological polar surface area (TPSA) is 32.6 Å². The molecule has 2 aliphatic carbocycles. The molecule has 0 saturated heterocycles. The Bertz CT molecular complexity index is 232. The molecule has 0 bridgehead atoms. The zero-order valence-electron chi connectivity index (χ0n) is 6.75. The molecule has 2 unspecified atom stereocenters. The van der Waals surface area contributed by atoms with E-state index < -0.39 is 0 Å². The van der Waals surface area contributed by atoms with Crippen molar-refractivity contribution in [1.82, 2.24) is 0 Å². The quantitative estimate of drug-likeness (QED) is 0.321. The molecule has 0 heterocycles. The smallest absolute Gasteiger partial charge is 0.0641 e. The van der Waals surface area contributed by atoms with Crippen molar-refractivity contribution in [3.8, 4) is 0 Å². The summed E-state index contributed by atoms with van der Waals surface area (Å²) in [7, 11) is 0. The zero-order valence-corrected chi connectivity index (χ0v) is 6.75. The van der Waals surface area contributed by atoms with Crippen molar-refractivity contribution in [1.29, 1.82) is 0 Å². The number of nitrogens with zero attached hydrogens (tertiary/aromatic N) is 1. The molecule has 1 saturated carbocycles. The summed E-state index contributed by atoms with van der Waals surface area (Å²) in [5.41, 5.74) is 1.19. The van der Waals surface area contributed by atoms with E-state index >= 15 is 0 Å². The Balaban J connectivity index is 2.26. The van der Waals surface area contributed by atoms with Gasteiger partial charge in [-0.1, -0.05) is 24.2 Å². The minimum absolute atomic E-state index is 0.198. The average molecular weight is 151 g/mol. The van der Waals surface area contributed by atoms with Crippen molar-refractivity contribution in [3.05, 3.63) is 12.2 Å². The maximum absolute atomic E-state index is 8.65. The highest BCUT2D eigenvalue weighted by Crippen LogP contribution is 2.50. The van der Waals surface area contributed by atoms with Crippen molar-refractivity contribution >= 4 is 5.71 Å². The van der Waals surface area contributed by atoms with Gasteiger partial charge in [0.15, 0.2) is 0 Å². The zero-order chi connectivity index (χ0) is 7.90. The van der Waals surface area contributed by atoms with Gasteiger partial charge < -0.3 is 5.21 Å². The summed E-state index contributed by atoms with van der Waals surface area (Å²) in [6, 6.07) is 0. The lowest BCUT2D eigenvalue weighted by Crippen LogP contribution is -2.48. The van der Waals surface area contributed by atoms with Crippen LogP contribution < -0.4 is 0 Å². The maximum atomic E-state index is 8.65. The summed E-state index contributed by atoms with van der Waals surface area (Å²) in [5, 5.41) is 12.0. The Labute approximate surface area is 66.6 Å². The molecule has 1 fully saturated rings. The van der Waals surface area contributed by atoms with E-state index in [2.05, 4.69) is 24.2 Å². The van der Waals surface area contributed by atoms with Crippen LogP contribution in [0.25, 0.3) is 0 Å². The first kappa shape index (κ1) is 6.89. The molecule has 2 heteroatoms. The highest BCUT2D eigenvalue weighted by atomic mass is 16.4. The predicted octanol–water partition coefficient (Wildman–Crippen LogP) is 2.19. The number of rotatable bonds is 0. The minimum Gasteiger partial charge on any atom is -0.411 e. The normalized spacial score (nSPS) is 45.2. The molecule has 2 atom stereocenters. The van der Waals surface area contributed by atoms with E-state index in [1.165, 1.54) is 0 Å². The van der Waals surface area contributed by atoms with E-state index in [1.54, 1.807) is 0 Å². The van der Waals surface area contributed by atoms with Gasteiger partial charge in [-0.3, -0.25) is 0 Å². The van der Waals surface area contributed by atoms with Crippen molar-refractivity contribution in [2.45, 2.75) is 26.2 Å². The fourth-order valence-corrected chi connectivity index (χ4v) is 2.16. The lowest BCUT2D eigenvalue weighted by Gasteiger charge is -2.48. The van der Waals surface area contributed by atoms with Crippen LogP contribution in [0.5, 0.6) is 0 Å². The summed E-state index contributed by atoms with van der Waals surface area (Å²) in [4.78, 5) is 0. The molecule has 0 aromatic rings. The van der Waals surface area contributed by atoms with Crippen molar-refractivity contribution in [3.63, 3.8) is 0 Å². The lowest BCUT2D eigenvalue weighted by molar-refractivity contribution is 0.216. The van der Waals surface area contributed by atoms with Gasteiger partial charge in [-0.25, -0.2) is 0 Å². The van der Waals surface area contributed by atoms with E-state index in [-0.39, 0.29) is 5.41 Å². The van der Waals surface area contributed by atoms with Gasteiger partial charge in [0.25, 0.3) is 0 Å². The van der Waals surface area contributed by atoms with Crippen LogP contribution in [-0.2, 0) is 0 Å². The second kappa shape index (κ2) is 2.10. The first-order valence-corrected chi connectivity index (χ1v) is 4.15. The first-order chi connectivity index (χ1) is 5.27. The molecule has 0 radical (unpaired) electrons. The monoisotopic (exact) mass is 151 g/mol. The van der Waals surface area contributed by atoms with Crippen LogP contribution in [0.1, 0.15) is 26.2 Å². The van der Waals surface area contributed by atoms with E-state index in [1.807, 2.05) is 0 Å². The molecule has 2 rings (SSSR count). The Morgan fingerprint density at radius 2 is 2.55 bits per heavy atom. The summed E-state index contributed by atoms with van der Waals surface area (Å²) < 4.78 is 0. The van der Waals surface area contributed by atoms with Crippen LogP contribution in [0.4, 0.5) is 0 Å². The SMILES string of the molecule is CC12CCC=CC1CC2=NO. The fraction of sp³-hybridized carbons (Fsp3) is 0.667. The van der Waals surface area contributed by atoms with Gasteiger partial charge in [-0.2, -0.15) is 0 Å². The van der Waals surface area contributed by atoms with Crippen LogP contribution >= 0.6 is 0 Å². The molecule has 2 nitrogen and oxygen atoms in total. The summed E-state index contributed by atoms with van der Waals surface area (Å²) in [5.74, 6) is 0.641. The Morgan fingerprint density at radius 1 is 1.73 bits per heavy atom. The van der Waals surface area contributed by atoms with Crippen LogP contribution in [0, 0.1) is 11.3 Å². The van der Waals surface area contributed by atoms with Crippen molar-refractivity contribution in [2.24, 2.45) is 16.5 Å². The van der Waals surface area contributed by atoms with Crippen LogP contribution in [0.2, 0.25) is 0 Å². The lowest BCUT2D eigenvalue weighted by atomic mass is 9.56. The molecule has 0 aromatic heterocycles. The van der Waals surface area contributed by atoms with E-state index in [4.69, 9.17) is 5.21 Å². The van der Waals surface area contributed by atoms with Gasteiger partial charge >= 0.3 is 0 Å². The third-order valence-corrected chi connectivity index (χ3v) is 3.21. The fourth-order valence-electron chi connectivity index (χ4n) is 2.16.